The molecule has 0 saturated carbocycles. The van der Waals surface area contributed by atoms with E-state index >= 15 is 0 Å². The van der Waals surface area contributed by atoms with E-state index < -0.39 is 0 Å². The quantitative estimate of drug-likeness (QED) is 0.698. The maximum absolute atomic E-state index is 5.65. The van der Waals surface area contributed by atoms with Gasteiger partial charge in [-0.15, -0.1) is 0 Å². The summed E-state index contributed by atoms with van der Waals surface area (Å²) in [6.45, 7) is 5.83. The normalized spacial score (nSPS) is 10.1. The number of nitrogen functional groups attached to an aromatic ring is 1. The minimum Gasteiger partial charge on any atom is -0.490 e. The summed E-state index contributed by atoms with van der Waals surface area (Å²) in [5.74, 6) is 2.05. The van der Waals surface area contributed by atoms with E-state index in [1.165, 1.54) is 0 Å². The molecule has 0 amide bonds. The Hall–Kier alpha value is -1.45. The Morgan fingerprint density at radius 3 is 2.81 bits per heavy atom. The molecule has 1 aromatic rings. The molecule has 0 fully saturated rings. The van der Waals surface area contributed by atoms with Gasteiger partial charge in [0.2, 0.25) is 0 Å². The maximum Gasteiger partial charge on any atom is 0.170 e. The molecule has 0 aliphatic rings. The van der Waals surface area contributed by atoms with Crippen LogP contribution in [0, 0.1) is 0 Å². The molecule has 1 aromatic heterocycles. The van der Waals surface area contributed by atoms with Crippen LogP contribution in [0.25, 0.3) is 0 Å². The monoisotopic (exact) mass is 223 g/mol. The predicted octanol–water partition coefficient (Wildman–Crippen LogP) is 2.66. The predicted molar refractivity (Wildman–Crippen MR) is 67.8 cm³/mol. The third-order valence-corrected chi connectivity index (χ3v) is 2.16. The molecule has 0 aliphatic carbocycles. The van der Waals surface area contributed by atoms with Crippen molar-refractivity contribution in [2.24, 2.45) is 0 Å². The first-order valence-corrected chi connectivity index (χ1v) is 5.91. The molecule has 1 rings (SSSR count). The van der Waals surface area contributed by atoms with Gasteiger partial charge in [-0.25, -0.2) is 4.98 Å². The Labute approximate surface area is 97.2 Å². The largest absolute Gasteiger partial charge is 0.490 e. The molecule has 0 radical (unpaired) electrons. The molecule has 0 spiro atoms. The molecule has 0 saturated heterocycles. The van der Waals surface area contributed by atoms with Gasteiger partial charge in [-0.1, -0.05) is 20.3 Å². The zero-order valence-electron chi connectivity index (χ0n) is 10.1. The third-order valence-electron chi connectivity index (χ3n) is 2.16. The van der Waals surface area contributed by atoms with Gasteiger partial charge in [0.15, 0.2) is 11.6 Å². The fourth-order valence-electron chi connectivity index (χ4n) is 1.30. The molecule has 16 heavy (non-hydrogen) atoms. The van der Waals surface area contributed by atoms with Crippen molar-refractivity contribution in [1.29, 1.82) is 0 Å². The smallest absolute Gasteiger partial charge is 0.170 e. The second kappa shape index (κ2) is 6.93. The van der Waals surface area contributed by atoms with Crippen LogP contribution in [-0.2, 0) is 0 Å². The molecular formula is C12H21N3O. The molecular weight excluding hydrogens is 202 g/mol. The summed E-state index contributed by atoms with van der Waals surface area (Å²) in [5, 5.41) is 3.25. The standard InChI is InChI=1S/C12H21N3O/c1-3-5-8-14-12-10(16-9-4-2)6-7-11(13)15-12/h6-7H,3-5,8-9H2,1-2H3,(H3,13,14,15). The van der Waals surface area contributed by atoms with Gasteiger partial charge >= 0.3 is 0 Å². The number of pyridine rings is 1. The SMILES string of the molecule is CCCCNc1nc(N)ccc1OCCC. The third kappa shape index (κ3) is 3.96. The number of hydrogen-bond acceptors (Lipinski definition) is 4. The minimum absolute atomic E-state index is 0.517. The Balaban J connectivity index is 2.65. The summed E-state index contributed by atoms with van der Waals surface area (Å²) < 4.78 is 5.59. The summed E-state index contributed by atoms with van der Waals surface area (Å²) in [6.07, 6.45) is 3.25. The Kier molecular flexibility index (Phi) is 5.46. The fraction of sp³-hybridized carbons (Fsp3) is 0.583. The van der Waals surface area contributed by atoms with Crippen LogP contribution in [0.1, 0.15) is 33.1 Å². The first kappa shape index (κ1) is 12.6. The van der Waals surface area contributed by atoms with Gasteiger partial charge in [-0.05, 0) is 25.0 Å². The van der Waals surface area contributed by atoms with Gasteiger partial charge in [0.05, 0.1) is 6.61 Å². The van der Waals surface area contributed by atoms with Gasteiger partial charge in [-0.3, -0.25) is 0 Å². The van der Waals surface area contributed by atoms with E-state index in [0.29, 0.717) is 12.4 Å². The van der Waals surface area contributed by atoms with Crippen molar-refractivity contribution in [3.8, 4) is 5.75 Å². The number of rotatable bonds is 7. The summed E-state index contributed by atoms with van der Waals surface area (Å²) in [4.78, 5) is 4.24. The van der Waals surface area contributed by atoms with Crippen LogP contribution in [0.3, 0.4) is 0 Å². The van der Waals surface area contributed by atoms with Crippen molar-refractivity contribution in [2.75, 3.05) is 24.2 Å². The second-order valence-electron chi connectivity index (χ2n) is 3.71. The van der Waals surface area contributed by atoms with E-state index in [-0.39, 0.29) is 0 Å². The number of hydrogen-bond donors (Lipinski definition) is 2. The molecule has 0 aromatic carbocycles. The summed E-state index contributed by atoms with van der Waals surface area (Å²) >= 11 is 0. The zero-order valence-corrected chi connectivity index (χ0v) is 10.1. The van der Waals surface area contributed by atoms with E-state index in [9.17, 15) is 0 Å². The number of nitrogens with two attached hydrogens (primary N) is 1. The van der Waals surface area contributed by atoms with Crippen LogP contribution >= 0.6 is 0 Å². The van der Waals surface area contributed by atoms with Crippen LogP contribution < -0.4 is 15.8 Å². The number of unbranched alkanes of at least 4 members (excludes halogenated alkanes) is 1. The van der Waals surface area contributed by atoms with E-state index in [4.69, 9.17) is 10.5 Å². The van der Waals surface area contributed by atoms with Crippen molar-refractivity contribution in [2.45, 2.75) is 33.1 Å². The van der Waals surface area contributed by atoms with Gasteiger partial charge in [0.25, 0.3) is 0 Å². The highest BCUT2D eigenvalue weighted by atomic mass is 16.5. The number of ether oxygens (including phenoxy) is 1. The van der Waals surface area contributed by atoms with Crippen LogP contribution in [0.15, 0.2) is 12.1 Å². The van der Waals surface area contributed by atoms with Crippen LogP contribution in [-0.4, -0.2) is 18.1 Å². The van der Waals surface area contributed by atoms with Crippen LogP contribution in [0.4, 0.5) is 11.6 Å². The van der Waals surface area contributed by atoms with Crippen molar-refractivity contribution >= 4 is 11.6 Å². The Bertz CT molecular complexity index is 315. The topological polar surface area (TPSA) is 60.2 Å². The molecule has 0 unspecified atom stereocenters. The molecule has 0 atom stereocenters. The molecule has 0 aliphatic heterocycles. The summed E-state index contributed by atoms with van der Waals surface area (Å²) in [7, 11) is 0. The Morgan fingerprint density at radius 1 is 1.31 bits per heavy atom. The zero-order chi connectivity index (χ0) is 11.8. The van der Waals surface area contributed by atoms with Gasteiger partial charge in [0, 0.05) is 6.54 Å². The highest BCUT2D eigenvalue weighted by Gasteiger charge is 2.04. The molecule has 4 heteroatoms. The average Bonchev–Trinajstić information content (AvgIpc) is 2.28. The van der Waals surface area contributed by atoms with Crippen molar-refractivity contribution < 1.29 is 4.74 Å². The highest BCUT2D eigenvalue weighted by molar-refractivity contribution is 5.54. The van der Waals surface area contributed by atoms with E-state index in [1.54, 1.807) is 6.07 Å². The molecule has 0 bridgehead atoms. The van der Waals surface area contributed by atoms with Crippen LogP contribution in [0.2, 0.25) is 0 Å². The lowest BCUT2D eigenvalue weighted by Crippen LogP contribution is -2.07. The number of anilines is 2. The maximum atomic E-state index is 5.65. The van der Waals surface area contributed by atoms with E-state index in [1.807, 2.05) is 6.07 Å². The first-order valence-electron chi connectivity index (χ1n) is 5.91. The minimum atomic E-state index is 0.517. The van der Waals surface area contributed by atoms with E-state index in [0.717, 1.165) is 37.4 Å². The number of nitrogens with one attached hydrogen (secondary N) is 1. The van der Waals surface area contributed by atoms with Gasteiger partial charge in [-0.2, -0.15) is 0 Å². The summed E-state index contributed by atoms with van der Waals surface area (Å²) in [6, 6.07) is 3.63. The average molecular weight is 223 g/mol. The van der Waals surface area contributed by atoms with Crippen molar-refractivity contribution in [1.82, 2.24) is 4.98 Å². The van der Waals surface area contributed by atoms with Gasteiger partial charge in [0.1, 0.15) is 5.82 Å². The Morgan fingerprint density at radius 2 is 2.12 bits per heavy atom. The van der Waals surface area contributed by atoms with Crippen LogP contribution in [0.5, 0.6) is 5.75 Å². The van der Waals surface area contributed by atoms with Crippen molar-refractivity contribution in [3.05, 3.63) is 12.1 Å². The molecule has 1 heterocycles. The summed E-state index contributed by atoms with van der Waals surface area (Å²) in [5.41, 5.74) is 5.65. The highest BCUT2D eigenvalue weighted by Crippen LogP contribution is 2.23. The molecule has 3 N–H and O–H groups in total. The number of nitrogens with zero attached hydrogens (tertiary/aromatic N) is 1. The number of aromatic nitrogens is 1. The molecule has 90 valence electrons. The first-order chi connectivity index (χ1) is 7.77. The lowest BCUT2D eigenvalue weighted by atomic mass is 10.3. The van der Waals surface area contributed by atoms with Crippen molar-refractivity contribution in [3.63, 3.8) is 0 Å². The lowest BCUT2D eigenvalue weighted by Gasteiger charge is -2.12. The van der Waals surface area contributed by atoms with E-state index in [2.05, 4.69) is 24.1 Å². The fourth-order valence-corrected chi connectivity index (χ4v) is 1.30. The second-order valence-corrected chi connectivity index (χ2v) is 3.71. The lowest BCUT2D eigenvalue weighted by molar-refractivity contribution is 0.318. The molecule has 4 nitrogen and oxygen atoms in total. The van der Waals surface area contributed by atoms with Gasteiger partial charge < -0.3 is 15.8 Å².